The Morgan fingerprint density at radius 3 is 2.50 bits per heavy atom. The maximum atomic E-state index is 13.5. The standard InChI is InChI=1S/C27H24F3N5O3S2/c1-38-23-12-11-19(16-21(23)33-40(2,36)37)35-25(24(32-26(35)39)20-9-3-4-13-31-20)22-10-6-14-34(22)18-8-5-7-17(15-18)27(28,29)30/h3-16,24-25,33H,1-2H3,(H,32,39)/t24-,25-/m0/s1. The number of rotatable bonds is 7. The van der Waals surface area contributed by atoms with Crippen molar-refractivity contribution >= 4 is 38.7 Å². The molecule has 1 aliphatic rings. The van der Waals surface area contributed by atoms with Crippen LogP contribution in [0.5, 0.6) is 5.75 Å². The number of anilines is 2. The molecular formula is C27H24F3N5O3S2. The zero-order chi connectivity index (χ0) is 28.7. The molecule has 0 spiro atoms. The Balaban J connectivity index is 1.67. The Kier molecular flexibility index (Phi) is 7.19. The van der Waals surface area contributed by atoms with E-state index in [1.807, 2.05) is 18.2 Å². The highest BCUT2D eigenvalue weighted by Crippen LogP contribution is 2.44. The average molecular weight is 588 g/mol. The smallest absolute Gasteiger partial charge is 0.416 e. The fraction of sp³-hybridized carbons (Fsp3) is 0.185. The Hall–Kier alpha value is -4.10. The number of ether oxygens (including phenoxy) is 1. The molecule has 208 valence electrons. The zero-order valence-corrected chi connectivity index (χ0v) is 22.9. The predicted octanol–water partition coefficient (Wildman–Crippen LogP) is 5.45. The molecule has 8 nitrogen and oxygen atoms in total. The van der Waals surface area contributed by atoms with E-state index < -0.39 is 33.8 Å². The van der Waals surface area contributed by atoms with Gasteiger partial charge in [-0.3, -0.25) is 9.71 Å². The van der Waals surface area contributed by atoms with Crippen LogP contribution in [0.25, 0.3) is 5.69 Å². The highest BCUT2D eigenvalue weighted by molar-refractivity contribution is 7.92. The second-order valence-corrected chi connectivity index (χ2v) is 11.2. The van der Waals surface area contributed by atoms with E-state index >= 15 is 0 Å². The number of alkyl halides is 3. The van der Waals surface area contributed by atoms with E-state index in [1.54, 1.807) is 58.3 Å². The van der Waals surface area contributed by atoms with Gasteiger partial charge in [0.15, 0.2) is 5.11 Å². The summed E-state index contributed by atoms with van der Waals surface area (Å²) in [5.74, 6) is 0.303. The third kappa shape index (κ3) is 5.47. The van der Waals surface area contributed by atoms with Gasteiger partial charge in [-0.2, -0.15) is 13.2 Å². The number of hydrogen-bond donors (Lipinski definition) is 2. The van der Waals surface area contributed by atoms with Gasteiger partial charge < -0.3 is 19.5 Å². The molecule has 0 aliphatic carbocycles. The first-order valence-corrected chi connectivity index (χ1v) is 14.3. The van der Waals surface area contributed by atoms with Crippen molar-refractivity contribution in [3.8, 4) is 11.4 Å². The van der Waals surface area contributed by atoms with Gasteiger partial charge in [0.2, 0.25) is 10.0 Å². The van der Waals surface area contributed by atoms with E-state index in [9.17, 15) is 21.6 Å². The zero-order valence-electron chi connectivity index (χ0n) is 21.3. The number of thiocarbonyl (C=S) groups is 1. The molecule has 2 aromatic heterocycles. The van der Waals surface area contributed by atoms with Crippen LogP contribution >= 0.6 is 12.2 Å². The molecule has 0 saturated carbocycles. The number of aromatic nitrogens is 2. The first-order chi connectivity index (χ1) is 19.0. The van der Waals surface area contributed by atoms with Crippen LogP contribution in [-0.2, 0) is 16.2 Å². The average Bonchev–Trinajstić information content (AvgIpc) is 3.52. The van der Waals surface area contributed by atoms with Crippen molar-refractivity contribution in [1.82, 2.24) is 14.9 Å². The molecule has 13 heteroatoms. The lowest BCUT2D eigenvalue weighted by atomic mass is 10.0. The molecule has 0 amide bonds. The van der Waals surface area contributed by atoms with Gasteiger partial charge in [0.25, 0.3) is 0 Å². The lowest BCUT2D eigenvalue weighted by molar-refractivity contribution is -0.137. The Labute approximate surface area is 234 Å². The van der Waals surface area contributed by atoms with Gasteiger partial charge in [0.05, 0.1) is 36.4 Å². The van der Waals surface area contributed by atoms with Crippen LogP contribution in [0.1, 0.15) is 29.0 Å². The Bertz CT molecular complexity index is 1660. The summed E-state index contributed by atoms with van der Waals surface area (Å²) in [6.07, 6.45) is -0.144. The monoisotopic (exact) mass is 587 g/mol. The predicted molar refractivity (Wildman–Crippen MR) is 150 cm³/mol. The molecule has 2 N–H and O–H groups in total. The molecule has 2 aromatic carbocycles. The van der Waals surface area contributed by atoms with Crippen LogP contribution in [-0.4, -0.2) is 36.4 Å². The molecule has 0 radical (unpaired) electrons. The molecule has 1 fully saturated rings. The van der Waals surface area contributed by atoms with Crippen molar-refractivity contribution in [2.24, 2.45) is 0 Å². The highest BCUT2D eigenvalue weighted by Gasteiger charge is 2.42. The molecule has 3 heterocycles. The summed E-state index contributed by atoms with van der Waals surface area (Å²) in [7, 11) is -2.21. The number of nitrogens with zero attached hydrogens (tertiary/aromatic N) is 3. The van der Waals surface area contributed by atoms with Crippen molar-refractivity contribution in [3.63, 3.8) is 0 Å². The van der Waals surface area contributed by atoms with Gasteiger partial charge in [-0.1, -0.05) is 12.1 Å². The SMILES string of the molecule is COc1ccc(N2C(=S)N[C@@H](c3ccccn3)[C@@H]2c2cccn2-c2cccc(C(F)(F)F)c2)cc1NS(C)(=O)=O. The lowest BCUT2D eigenvalue weighted by Gasteiger charge is -2.29. The van der Waals surface area contributed by atoms with E-state index in [2.05, 4.69) is 15.0 Å². The summed E-state index contributed by atoms with van der Waals surface area (Å²) in [6.45, 7) is 0. The number of halogens is 3. The fourth-order valence-electron chi connectivity index (χ4n) is 4.76. The molecule has 5 rings (SSSR count). The molecule has 0 unspecified atom stereocenters. The first kappa shape index (κ1) is 27.5. The second kappa shape index (κ2) is 10.5. The van der Waals surface area contributed by atoms with Crippen molar-refractivity contribution in [3.05, 3.63) is 102 Å². The molecular weight excluding hydrogens is 563 g/mol. The first-order valence-electron chi connectivity index (χ1n) is 12.0. The number of sulfonamides is 1. The van der Waals surface area contributed by atoms with Gasteiger partial charge in [-0.05, 0) is 72.9 Å². The summed E-state index contributed by atoms with van der Waals surface area (Å²) in [5.41, 5.74) is 1.59. The van der Waals surface area contributed by atoms with E-state index in [0.717, 1.165) is 18.4 Å². The molecule has 0 bridgehead atoms. The molecule has 4 aromatic rings. The van der Waals surface area contributed by atoms with E-state index in [0.29, 0.717) is 33.6 Å². The third-order valence-electron chi connectivity index (χ3n) is 6.39. The summed E-state index contributed by atoms with van der Waals surface area (Å²) in [5, 5.41) is 3.63. The summed E-state index contributed by atoms with van der Waals surface area (Å²) in [6, 6.07) is 17.9. The van der Waals surface area contributed by atoms with E-state index in [-0.39, 0.29) is 5.69 Å². The summed E-state index contributed by atoms with van der Waals surface area (Å²) < 4.78 is 74.2. The van der Waals surface area contributed by atoms with Crippen LogP contribution in [0.2, 0.25) is 0 Å². The fourth-order valence-corrected chi connectivity index (χ4v) is 5.67. The number of nitrogens with one attached hydrogen (secondary N) is 2. The van der Waals surface area contributed by atoms with Crippen molar-refractivity contribution < 1.29 is 26.3 Å². The Morgan fingerprint density at radius 1 is 1.02 bits per heavy atom. The van der Waals surface area contributed by atoms with Crippen LogP contribution in [0.15, 0.2) is 85.2 Å². The minimum absolute atomic E-state index is 0.207. The topological polar surface area (TPSA) is 88.5 Å². The van der Waals surface area contributed by atoms with Gasteiger partial charge >= 0.3 is 6.18 Å². The lowest BCUT2D eigenvalue weighted by Crippen LogP contribution is -2.30. The molecule has 2 atom stereocenters. The van der Waals surface area contributed by atoms with Gasteiger partial charge in [0, 0.05) is 29.5 Å². The van der Waals surface area contributed by atoms with Gasteiger partial charge in [0.1, 0.15) is 11.8 Å². The maximum absolute atomic E-state index is 13.5. The quantitative estimate of drug-likeness (QED) is 0.278. The maximum Gasteiger partial charge on any atom is 0.416 e. The minimum atomic E-state index is -4.51. The van der Waals surface area contributed by atoms with Gasteiger partial charge in [-0.15, -0.1) is 0 Å². The van der Waals surface area contributed by atoms with E-state index in [1.165, 1.54) is 13.2 Å². The van der Waals surface area contributed by atoms with Crippen molar-refractivity contribution in [2.45, 2.75) is 18.3 Å². The second-order valence-electron chi connectivity index (χ2n) is 9.11. The minimum Gasteiger partial charge on any atom is -0.495 e. The van der Waals surface area contributed by atoms with Gasteiger partial charge in [-0.25, -0.2) is 8.42 Å². The van der Waals surface area contributed by atoms with E-state index in [4.69, 9.17) is 17.0 Å². The van der Waals surface area contributed by atoms with Crippen LogP contribution in [0, 0.1) is 0 Å². The molecule has 1 aliphatic heterocycles. The summed E-state index contributed by atoms with van der Waals surface area (Å²) >= 11 is 5.75. The van der Waals surface area contributed by atoms with Crippen LogP contribution < -0.4 is 19.7 Å². The van der Waals surface area contributed by atoms with Crippen molar-refractivity contribution in [2.75, 3.05) is 23.0 Å². The van der Waals surface area contributed by atoms with Crippen LogP contribution in [0.3, 0.4) is 0 Å². The number of benzene rings is 2. The highest BCUT2D eigenvalue weighted by atomic mass is 32.2. The summed E-state index contributed by atoms with van der Waals surface area (Å²) in [4.78, 5) is 6.30. The number of pyridine rings is 1. The third-order valence-corrected chi connectivity index (χ3v) is 7.29. The molecule has 1 saturated heterocycles. The van der Waals surface area contributed by atoms with Crippen molar-refractivity contribution in [1.29, 1.82) is 0 Å². The van der Waals surface area contributed by atoms with Crippen LogP contribution in [0.4, 0.5) is 24.5 Å². The number of hydrogen-bond acceptors (Lipinski definition) is 5. The normalized spacial score (nSPS) is 17.5. The molecule has 40 heavy (non-hydrogen) atoms. The largest absolute Gasteiger partial charge is 0.495 e. The number of methoxy groups -OCH3 is 1. The Morgan fingerprint density at radius 2 is 1.82 bits per heavy atom.